The van der Waals surface area contributed by atoms with Crippen LogP contribution in [-0.4, -0.2) is 42.1 Å². The number of carbonyl (C=O) groups excluding carboxylic acids is 1. The van der Waals surface area contributed by atoms with Gasteiger partial charge in [-0.3, -0.25) is 4.79 Å². The Hall–Kier alpha value is -2.31. The van der Waals surface area contributed by atoms with E-state index in [1.54, 1.807) is 0 Å². The van der Waals surface area contributed by atoms with Crippen LogP contribution < -0.4 is 5.73 Å². The fourth-order valence-corrected chi connectivity index (χ4v) is 3.87. The highest BCUT2D eigenvalue weighted by Crippen LogP contribution is 2.27. The topological polar surface area (TPSA) is 55.6 Å². The number of ether oxygens (including phenoxy) is 1. The molecule has 0 spiro atoms. The van der Waals surface area contributed by atoms with E-state index in [9.17, 15) is 13.6 Å². The first kappa shape index (κ1) is 18.1. The molecular formula is C21H22F2N2O2. The molecule has 4 nitrogen and oxygen atoms in total. The van der Waals surface area contributed by atoms with Gasteiger partial charge in [-0.25, -0.2) is 8.78 Å². The molecule has 0 aromatic heterocycles. The van der Waals surface area contributed by atoms with E-state index >= 15 is 0 Å². The Bertz CT molecular complexity index is 834. The Morgan fingerprint density at radius 1 is 1.11 bits per heavy atom. The number of rotatable bonds is 4. The number of halogens is 2. The fraction of sp³-hybridized carbons (Fsp3) is 0.381. The van der Waals surface area contributed by atoms with Crippen molar-refractivity contribution in [3.8, 4) is 11.1 Å². The molecule has 2 aromatic rings. The minimum Gasteiger partial charge on any atom is -0.368 e. The van der Waals surface area contributed by atoms with Crippen molar-refractivity contribution in [3.05, 3.63) is 59.7 Å². The first-order valence-corrected chi connectivity index (χ1v) is 9.24. The smallest absolute Gasteiger partial charge is 0.252 e. The van der Waals surface area contributed by atoms with Gasteiger partial charge in [-0.15, -0.1) is 0 Å². The molecule has 2 heterocycles. The van der Waals surface area contributed by atoms with Crippen LogP contribution in [0.3, 0.4) is 0 Å². The van der Waals surface area contributed by atoms with E-state index in [2.05, 4.69) is 0 Å². The maximum Gasteiger partial charge on any atom is 0.252 e. The summed E-state index contributed by atoms with van der Waals surface area (Å²) in [6.07, 6.45) is 1.79. The molecular weight excluding hydrogens is 350 g/mol. The van der Waals surface area contributed by atoms with Gasteiger partial charge >= 0.3 is 0 Å². The normalized spacial score (nSPS) is 24.7. The third-order valence-electron chi connectivity index (χ3n) is 5.42. The first-order chi connectivity index (χ1) is 13.0. The predicted octanol–water partition coefficient (Wildman–Crippen LogP) is 2.89. The van der Waals surface area contributed by atoms with Crippen LogP contribution >= 0.6 is 0 Å². The van der Waals surface area contributed by atoms with Crippen molar-refractivity contribution in [2.45, 2.75) is 37.5 Å². The molecule has 4 rings (SSSR count). The maximum atomic E-state index is 13.5. The molecule has 27 heavy (non-hydrogen) atoms. The lowest BCUT2D eigenvalue weighted by molar-refractivity contribution is -0.157. The molecule has 2 fully saturated rings. The van der Waals surface area contributed by atoms with Crippen molar-refractivity contribution < 1.29 is 18.3 Å². The molecule has 2 aliphatic rings. The molecule has 3 atom stereocenters. The van der Waals surface area contributed by atoms with Crippen molar-refractivity contribution >= 4 is 5.91 Å². The third-order valence-corrected chi connectivity index (χ3v) is 5.42. The molecule has 0 bridgehead atoms. The van der Waals surface area contributed by atoms with Crippen LogP contribution in [0, 0.1) is 11.6 Å². The summed E-state index contributed by atoms with van der Waals surface area (Å²) in [6, 6.07) is 10.8. The number of hydrogen-bond donors (Lipinski definition) is 1. The van der Waals surface area contributed by atoms with Gasteiger partial charge in [-0.05, 0) is 41.7 Å². The van der Waals surface area contributed by atoms with Crippen molar-refractivity contribution in [3.63, 3.8) is 0 Å². The zero-order chi connectivity index (χ0) is 19.0. The molecule has 2 aliphatic heterocycles. The summed E-state index contributed by atoms with van der Waals surface area (Å²) in [7, 11) is 0. The van der Waals surface area contributed by atoms with E-state index < -0.39 is 11.6 Å². The second kappa shape index (κ2) is 7.37. The Kier molecular flexibility index (Phi) is 4.93. The van der Waals surface area contributed by atoms with Gasteiger partial charge in [0.1, 0.15) is 17.7 Å². The van der Waals surface area contributed by atoms with Gasteiger partial charge in [0.15, 0.2) is 0 Å². The molecule has 142 valence electrons. The van der Waals surface area contributed by atoms with Gasteiger partial charge in [0.2, 0.25) is 0 Å². The van der Waals surface area contributed by atoms with E-state index in [0.717, 1.165) is 30.0 Å². The Morgan fingerprint density at radius 3 is 2.52 bits per heavy atom. The predicted molar refractivity (Wildman–Crippen MR) is 97.9 cm³/mol. The standard InChI is InChI=1S/C21H22F2N2O2/c22-16-10-15(11-17(23)12-16)14-3-1-2-13(8-14)9-19-18(24)4-6-25(19)21(26)20-5-7-27-20/h1-3,8,10-12,18-20H,4-7,9,24H2. The molecule has 0 saturated carbocycles. The molecule has 1 amide bonds. The monoisotopic (exact) mass is 372 g/mol. The quantitative estimate of drug-likeness (QED) is 0.898. The molecule has 6 heteroatoms. The van der Waals surface area contributed by atoms with Crippen LogP contribution in [0.5, 0.6) is 0 Å². The number of nitrogens with zero attached hydrogens (tertiary/aromatic N) is 1. The third kappa shape index (κ3) is 3.73. The number of amides is 1. The second-order valence-corrected chi connectivity index (χ2v) is 7.26. The molecule has 2 saturated heterocycles. The van der Waals surface area contributed by atoms with E-state index in [0.29, 0.717) is 25.1 Å². The van der Waals surface area contributed by atoms with Crippen molar-refractivity contribution in [1.82, 2.24) is 4.90 Å². The zero-order valence-electron chi connectivity index (χ0n) is 14.9. The van der Waals surface area contributed by atoms with Crippen molar-refractivity contribution in [1.29, 1.82) is 0 Å². The summed E-state index contributed by atoms with van der Waals surface area (Å²) in [5, 5.41) is 0. The van der Waals surface area contributed by atoms with Gasteiger partial charge in [0.25, 0.3) is 5.91 Å². The average Bonchev–Trinajstić information content (AvgIpc) is 2.93. The van der Waals surface area contributed by atoms with Crippen LogP contribution in [0.4, 0.5) is 8.78 Å². The highest BCUT2D eigenvalue weighted by atomic mass is 19.1. The fourth-order valence-electron chi connectivity index (χ4n) is 3.87. The largest absolute Gasteiger partial charge is 0.368 e. The van der Waals surface area contributed by atoms with Crippen LogP contribution in [0.15, 0.2) is 42.5 Å². The first-order valence-electron chi connectivity index (χ1n) is 9.24. The molecule has 2 aromatic carbocycles. The van der Waals surface area contributed by atoms with Crippen molar-refractivity contribution in [2.24, 2.45) is 5.73 Å². The van der Waals surface area contributed by atoms with E-state index in [-0.39, 0.29) is 24.1 Å². The zero-order valence-corrected chi connectivity index (χ0v) is 14.9. The summed E-state index contributed by atoms with van der Waals surface area (Å²) >= 11 is 0. The van der Waals surface area contributed by atoms with Gasteiger partial charge in [0.05, 0.1) is 12.6 Å². The van der Waals surface area contributed by atoms with Crippen LogP contribution in [0.1, 0.15) is 18.4 Å². The number of nitrogens with two attached hydrogens (primary N) is 1. The number of benzene rings is 2. The average molecular weight is 372 g/mol. The van der Waals surface area contributed by atoms with Gasteiger partial charge in [0, 0.05) is 25.1 Å². The van der Waals surface area contributed by atoms with Crippen LogP contribution in [0.25, 0.3) is 11.1 Å². The Labute approximate surface area is 156 Å². The van der Waals surface area contributed by atoms with Crippen molar-refractivity contribution in [2.75, 3.05) is 13.2 Å². The molecule has 2 N–H and O–H groups in total. The highest BCUT2D eigenvalue weighted by Gasteiger charge is 2.39. The van der Waals surface area contributed by atoms with E-state index in [1.165, 1.54) is 12.1 Å². The Morgan fingerprint density at radius 2 is 1.85 bits per heavy atom. The maximum absolute atomic E-state index is 13.5. The van der Waals surface area contributed by atoms with E-state index in [4.69, 9.17) is 10.5 Å². The Balaban J connectivity index is 1.55. The molecule has 0 radical (unpaired) electrons. The summed E-state index contributed by atoms with van der Waals surface area (Å²) in [4.78, 5) is 14.4. The summed E-state index contributed by atoms with van der Waals surface area (Å²) in [6.45, 7) is 1.27. The number of likely N-dealkylation sites (tertiary alicyclic amines) is 1. The summed E-state index contributed by atoms with van der Waals surface area (Å²) < 4.78 is 32.4. The van der Waals surface area contributed by atoms with Gasteiger partial charge in [-0.1, -0.05) is 24.3 Å². The van der Waals surface area contributed by atoms with Gasteiger partial charge in [-0.2, -0.15) is 0 Å². The molecule has 3 unspecified atom stereocenters. The minimum absolute atomic E-state index is 0.0163. The van der Waals surface area contributed by atoms with Crippen LogP contribution in [0.2, 0.25) is 0 Å². The molecule has 0 aliphatic carbocycles. The lowest BCUT2D eigenvalue weighted by Crippen LogP contribution is -2.51. The van der Waals surface area contributed by atoms with Crippen LogP contribution in [-0.2, 0) is 16.0 Å². The highest BCUT2D eigenvalue weighted by molar-refractivity contribution is 5.82. The summed E-state index contributed by atoms with van der Waals surface area (Å²) in [5.74, 6) is -1.20. The van der Waals surface area contributed by atoms with E-state index in [1.807, 2.05) is 29.2 Å². The second-order valence-electron chi connectivity index (χ2n) is 7.26. The number of hydrogen-bond acceptors (Lipinski definition) is 3. The summed E-state index contributed by atoms with van der Waals surface area (Å²) in [5.41, 5.74) is 8.47. The van der Waals surface area contributed by atoms with Gasteiger partial charge < -0.3 is 15.4 Å². The lowest BCUT2D eigenvalue weighted by Gasteiger charge is -2.34. The lowest BCUT2D eigenvalue weighted by atomic mass is 9.96. The number of carbonyl (C=O) groups is 1. The minimum atomic E-state index is -0.606. The SMILES string of the molecule is NC1CCN(C(=O)C2CCO2)C1Cc1cccc(-c2cc(F)cc(F)c2)c1.